The molecule has 0 spiro atoms. The zero-order chi connectivity index (χ0) is 10.0. The van der Waals surface area contributed by atoms with Gasteiger partial charge in [0.25, 0.3) is 0 Å². The molecule has 0 aliphatic heterocycles. The molecule has 2 bridgehead atoms. The fourth-order valence-electron chi connectivity index (χ4n) is 3.39. The van der Waals surface area contributed by atoms with E-state index in [4.69, 9.17) is 0 Å². The summed E-state index contributed by atoms with van der Waals surface area (Å²) in [6.07, 6.45) is 0.466. The van der Waals surface area contributed by atoms with Crippen molar-refractivity contribution in [1.82, 2.24) is 0 Å². The minimum atomic E-state index is -0.381. The Bertz CT molecular complexity index is 303. The quantitative estimate of drug-likeness (QED) is 0.570. The van der Waals surface area contributed by atoms with Crippen LogP contribution in [0.2, 0.25) is 0 Å². The second-order valence-electron chi connectivity index (χ2n) is 5.33. The molecule has 13 heavy (non-hydrogen) atoms. The molecular weight excluding hydrogens is 164 g/mol. The summed E-state index contributed by atoms with van der Waals surface area (Å²) >= 11 is 0. The maximum absolute atomic E-state index is 11.9. The number of fused-ring (bicyclic) bond motifs is 2. The fraction of sp³-hybridized carbons (Fsp3) is 0.818. The predicted octanol–water partition coefficient (Wildman–Crippen LogP) is 1.83. The maximum atomic E-state index is 11.9. The van der Waals surface area contributed by atoms with E-state index in [9.17, 15) is 9.59 Å². The van der Waals surface area contributed by atoms with E-state index in [1.54, 1.807) is 0 Å². The highest BCUT2D eigenvalue weighted by Gasteiger charge is 2.68. The third-order valence-corrected chi connectivity index (χ3v) is 4.53. The van der Waals surface area contributed by atoms with Crippen molar-refractivity contribution in [2.24, 2.45) is 22.7 Å². The first-order valence-corrected chi connectivity index (χ1v) is 4.89. The molecule has 0 N–H and O–H groups in total. The maximum Gasteiger partial charge on any atom is 0.143 e. The molecule has 72 valence electrons. The lowest BCUT2D eigenvalue weighted by Gasteiger charge is -2.31. The van der Waals surface area contributed by atoms with E-state index in [0.29, 0.717) is 18.0 Å². The molecule has 3 atom stereocenters. The van der Waals surface area contributed by atoms with Crippen molar-refractivity contribution in [2.45, 2.75) is 34.1 Å². The highest BCUT2D eigenvalue weighted by atomic mass is 16.1. The average Bonchev–Trinajstić information content (AvgIpc) is 2.22. The third-order valence-electron chi connectivity index (χ3n) is 4.53. The van der Waals surface area contributed by atoms with Crippen molar-refractivity contribution in [3.63, 3.8) is 0 Å². The molecule has 0 aromatic rings. The number of hydrogen-bond acceptors (Lipinski definition) is 2. The molecule has 0 aromatic carbocycles. The van der Waals surface area contributed by atoms with Crippen molar-refractivity contribution in [3.05, 3.63) is 0 Å². The van der Waals surface area contributed by atoms with E-state index in [2.05, 4.69) is 13.8 Å². The topological polar surface area (TPSA) is 34.1 Å². The molecule has 0 radical (unpaired) electrons. The van der Waals surface area contributed by atoms with Crippen LogP contribution in [-0.4, -0.2) is 11.6 Å². The number of rotatable bonds is 0. The normalized spacial score (nSPS) is 47.4. The number of hydrogen-bond donors (Lipinski definition) is 0. The Morgan fingerprint density at radius 3 is 2.08 bits per heavy atom. The average molecular weight is 180 g/mol. The SMILES string of the molecule is C[C@H]1C(=O)[C@]2(C)CC(=O)[C@H]1C2(C)C. The zero-order valence-electron chi connectivity index (χ0n) is 8.68. The summed E-state index contributed by atoms with van der Waals surface area (Å²) in [4.78, 5) is 23.6. The van der Waals surface area contributed by atoms with Gasteiger partial charge in [-0.25, -0.2) is 0 Å². The number of ketones is 2. The van der Waals surface area contributed by atoms with E-state index in [0.717, 1.165) is 0 Å². The molecule has 0 amide bonds. The lowest BCUT2D eigenvalue weighted by atomic mass is 9.70. The van der Waals surface area contributed by atoms with Crippen molar-refractivity contribution in [2.75, 3.05) is 0 Å². The molecule has 2 fully saturated rings. The minimum absolute atomic E-state index is 0.0231. The molecule has 0 heterocycles. The van der Waals surface area contributed by atoms with E-state index in [1.807, 2.05) is 13.8 Å². The number of Topliss-reactive ketones (excluding diaryl/α,β-unsaturated/α-hetero) is 2. The molecule has 2 saturated carbocycles. The van der Waals surface area contributed by atoms with Crippen LogP contribution in [0.5, 0.6) is 0 Å². The van der Waals surface area contributed by atoms with E-state index >= 15 is 0 Å². The minimum Gasteiger partial charge on any atom is -0.299 e. The molecule has 2 aliphatic rings. The Morgan fingerprint density at radius 2 is 1.77 bits per heavy atom. The molecule has 0 aromatic heterocycles. The molecule has 2 rings (SSSR count). The Labute approximate surface area is 78.7 Å². The lowest BCUT2D eigenvalue weighted by molar-refractivity contribution is -0.137. The van der Waals surface area contributed by atoms with E-state index in [1.165, 1.54) is 0 Å². The van der Waals surface area contributed by atoms with Crippen molar-refractivity contribution in [1.29, 1.82) is 0 Å². The second-order valence-corrected chi connectivity index (χ2v) is 5.33. The molecule has 2 aliphatic carbocycles. The zero-order valence-corrected chi connectivity index (χ0v) is 8.68. The largest absolute Gasteiger partial charge is 0.299 e. The van der Waals surface area contributed by atoms with Crippen molar-refractivity contribution >= 4 is 11.6 Å². The van der Waals surface area contributed by atoms with E-state index in [-0.39, 0.29) is 22.7 Å². The number of carbonyl (C=O) groups excluding carboxylic acids is 2. The molecular formula is C11H16O2. The van der Waals surface area contributed by atoms with Crippen molar-refractivity contribution < 1.29 is 9.59 Å². The van der Waals surface area contributed by atoms with Gasteiger partial charge < -0.3 is 0 Å². The molecule has 2 nitrogen and oxygen atoms in total. The van der Waals surface area contributed by atoms with Gasteiger partial charge in [-0.3, -0.25) is 9.59 Å². The Balaban J connectivity index is 2.59. The summed E-state index contributed by atoms with van der Waals surface area (Å²) in [5.74, 6) is 0.507. The van der Waals surface area contributed by atoms with Crippen LogP contribution in [0.3, 0.4) is 0 Å². The van der Waals surface area contributed by atoms with Gasteiger partial charge in [-0.2, -0.15) is 0 Å². The van der Waals surface area contributed by atoms with Gasteiger partial charge in [-0.15, -0.1) is 0 Å². The fourth-order valence-corrected chi connectivity index (χ4v) is 3.39. The van der Waals surface area contributed by atoms with Crippen LogP contribution in [0, 0.1) is 22.7 Å². The first-order chi connectivity index (χ1) is 5.82. The lowest BCUT2D eigenvalue weighted by Crippen LogP contribution is -2.34. The monoisotopic (exact) mass is 180 g/mol. The summed E-state index contributed by atoms with van der Waals surface area (Å²) in [5, 5.41) is 0. The Morgan fingerprint density at radius 1 is 1.23 bits per heavy atom. The van der Waals surface area contributed by atoms with Gasteiger partial charge >= 0.3 is 0 Å². The Hall–Kier alpha value is -0.660. The standard InChI is InChI=1S/C11H16O2/c1-6-8-7(12)5-11(4,9(6)13)10(8,2)3/h6,8H,5H2,1-4H3/t6-,8+,11+/m1/s1. The molecule has 2 heteroatoms. The summed E-state index contributed by atoms with van der Waals surface area (Å²) in [7, 11) is 0. The van der Waals surface area contributed by atoms with Crippen molar-refractivity contribution in [3.8, 4) is 0 Å². The van der Waals surface area contributed by atoms with Crippen LogP contribution in [0.25, 0.3) is 0 Å². The van der Waals surface area contributed by atoms with Gasteiger partial charge in [0.1, 0.15) is 11.6 Å². The first-order valence-electron chi connectivity index (χ1n) is 4.89. The molecule has 0 unspecified atom stereocenters. The van der Waals surface area contributed by atoms with Gasteiger partial charge in [0, 0.05) is 23.7 Å². The number of carbonyl (C=O) groups is 2. The third kappa shape index (κ3) is 0.710. The van der Waals surface area contributed by atoms with Gasteiger partial charge in [-0.05, 0) is 5.41 Å². The van der Waals surface area contributed by atoms with Crippen LogP contribution < -0.4 is 0 Å². The Kier molecular flexibility index (Phi) is 1.40. The first kappa shape index (κ1) is 8.92. The highest BCUT2D eigenvalue weighted by Crippen LogP contribution is 2.63. The van der Waals surface area contributed by atoms with Crippen LogP contribution in [-0.2, 0) is 9.59 Å². The van der Waals surface area contributed by atoms with Gasteiger partial charge in [0.2, 0.25) is 0 Å². The summed E-state index contributed by atoms with van der Waals surface area (Å²) in [6, 6.07) is 0. The summed E-state index contributed by atoms with van der Waals surface area (Å²) in [6.45, 7) is 7.97. The summed E-state index contributed by atoms with van der Waals surface area (Å²) < 4.78 is 0. The van der Waals surface area contributed by atoms with Crippen LogP contribution in [0.15, 0.2) is 0 Å². The smallest absolute Gasteiger partial charge is 0.143 e. The predicted molar refractivity (Wildman–Crippen MR) is 49.2 cm³/mol. The summed E-state index contributed by atoms with van der Waals surface area (Å²) in [5.41, 5.74) is -0.505. The van der Waals surface area contributed by atoms with Crippen LogP contribution in [0.4, 0.5) is 0 Å². The van der Waals surface area contributed by atoms with Crippen LogP contribution in [0.1, 0.15) is 34.1 Å². The van der Waals surface area contributed by atoms with Gasteiger partial charge in [0.15, 0.2) is 0 Å². The van der Waals surface area contributed by atoms with Gasteiger partial charge in [0.05, 0.1) is 0 Å². The van der Waals surface area contributed by atoms with Gasteiger partial charge in [-0.1, -0.05) is 27.7 Å². The highest BCUT2D eigenvalue weighted by molar-refractivity contribution is 6.05. The van der Waals surface area contributed by atoms with E-state index < -0.39 is 0 Å². The van der Waals surface area contributed by atoms with Crippen LogP contribution >= 0.6 is 0 Å². The molecule has 0 saturated heterocycles. The second kappa shape index (κ2) is 2.05.